The number of carbonyl (C=O) groups excluding carboxylic acids is 1. The number of hydrogen-bond donors (Lipinski definition) is 0. The molecular weight excluding hydrogens is 216 g/mol. The molecule has 4 heteroatoms. The van der Waals surface area contributed by atoms with Crippen LogP contribution in [0.15, 0.2) is 30.6 Å². The van der Waals surface area contributed by atoms with Crippen molar-refractivity contribution in [3.05, 3.63) is 36.2 Å². The number of carbonyl (C=O) groups is 1. The number of rotatable bonds is 3. The molecule has 1 unspecified atom stereocenters. The average Bonchev–Trinajstić information content (AvgIpc) is 2.83. The Morgan fingerprint density at radius 3 is 2.88 bits per heavy atom. The summed E-state index contributed by atoms with van der Waals surface area (Å²) in [5.41, 5.74) is 1.31. The zero-order valence-corrected chi connectivity index (χ0v) is 10.3. The van der Waals surface area contributed by atoms with Crippen LogP contribution in [0, 0.1) is 0 Å². The molecule has 17 heavy (non-hydrogen) atoms. The van der Waals surface area contributed by atoms with Crippen molar-refractivity contribution >= 4 is 11.5 Å². The van der Waals surface area contributed by atoms with Gasteiger partial charge in [0.2, 0.25) is 0 Å². The maximum absolute atomic E-state index is 11.9. The molecule has 0 aliphatic heterocycles. The van der Waals surface area contributed by atoms with E-state index in [4.69, 9.17) is 4.74 Å². The van der Waals surface area contributed by atoms with Crippen LogP contribution in [0.1, 0.15) is 25.8 Å². The van der Waals surface area contributed by atoms with E-state index in [1.54, 1.807) is 10.7 Å². The van der Waals surface area contributed by atoms with Crippen molar-refractivity contribution in [1.82, 2.24) is 9.61 Å². The summed E-state index contributed by atoms with van der Waals surface area (Å²) in [5, 5.41) is 4.18. The molecule has 0 aliphatic rings. The van der Waals surface area contributed by atoms with Gasteiger partial charge in [-0.05, 0) is 31.0 Å². The highest BCUT2D eigenvalue weighted by atomic mass is 16.5. The van der Waals surface area contributed by atoms with Crippen LogP contribution in [-0.4, -0.2) is 22.7 Å². The number of nitrogens with zero attached hydrogens (tertiary/aromatic N) is 2. The van der Waals surface area contributed by atoms with Crippen molar-refractivity contribution < 1.29 is 9.53 Å². The second-order valence-electron chi connectivity index (χ2n) is 4.30. The highest BCUT2D eigenvalue weighted by Crippen LogP contribution is 2.29. The number of hydrogen-bond acceptors (Lipinski definition) is 3. The van der Waals surface area contributed by atoms with Crippen LogP contribution in [-0.2, 0) is 14.9 Å². The van der Waals surface area contributed by atoms with Gasteiger partial charge in [-0.2, -0.15) is 5.10 Å². The zero-order valence-electron chi connectivity index (χ0n) is 10.3. The molecule has 0 N–H and O–H groups in total. The molecule has 0 fully saturated rings. The highest BCUT2D eigenvalue weighted by Gasteiger charge is 2.34. The molecule has 2 aromatic rings. The van der Waals surface area contributed by atoms with Crippen LogP contribution in [0.25, 0.3) is 5.52 Å². The normalized spacial score (nSPS) is 14.5. The molecule has 0 radical (unpaired) electrons. The number of pyridine rings is 1. The van der Waals surface area contributed by atoms with Crippen molar-refractivity contribution in [3.8, 4) is 0 Å². The minimum Gasteiger partial charge on any atom is -0.468 e. The van der Waals surface area contributed by atoms with Gasteiger partial charge in [-0.15, -0.1) is 0 Å². The summed E-state index contributed by atoms with van der Waals surface area (Å²) in [6, 6.07) is 5.84. The van der Waals surface area contributed by atoms with Gasteiger partial charge in [0.15, 0.2) is 0 Å². The van der Waals surface area contributed by atoms with Gasteiger partial charge in [0.25, 0.3) is 0 Å². The lowest BCUT2D eigenvalue weighted by Crippen LogP contribution is -2.33. The topological polar surface area (TPSA) is 43.6 Å². The van der Waals surface area contributed by atoms with E-state index in [-0.39, 0.29) is 5.97 Å². The summed E-state index contributed by atoms with van der Waals surface area (Å²) in [7, 11) is 1.42. The second kappa shape index (κ2) is 4.20. The smallest absolute Gasteiger partial charge is 0.316 e. The Kier molecular flexibility index (Phi) is 2.88. The molecule has 0 aliphatic carbocycles. The summed E-state index contributed by atoms with van der Waals surface area (Å²) in [4.78, 5) is 11.9. The number of aromatic nitrogens is 2. The summed E-state index contributed by atoms with van der Waals surface area (Å²) in [6.07, 6.45) is 4.31. The predicted molar refractivity (Wildman–Crippen MR) is 64.9 cm³/mol. The Bertz CT molecular complexity index is 547. The van der Waals surface area contributed by atoms with Crippen LogP contribution < -0.4 is 0 Å². The van der Waals surface area contributed by atoms with Gasteiger partial charge < -0.3 is 4.74 Å². The lowest BCUT2D eigenvalue weighted by Gasteiger charge is -2.25. The summed E-state index contributed by atoms with van der Waals surface area (Å²) in [5.74, 6) is -0.216. The minimum absolute atomic E-state index is 0.216. The number of methoxy groups -OCH3 is 1. The average molecular weight is 232 g/mol. The Hall–Kier alpha value is -1.84. The third kappa shape index (κ3) is 1.79. The molecular formula is C13H16N2O2. The molecule has 0 bridgehead atoms. The van der Waals surface area contributed by atoms with E-state index in [1.165, 1.54) is 7.11 Å². The maximum Gasteiger partial charge on any atom is 0.316 e. The number of fused-ring (bicyclic) bond motifs is 1. The highest BCUT2D eigenvalue weighted by molar-refractivity contribution is 5.82. The fourth-order valence-electron chi connectivity index (χ4n) is 1.93. The second-order valence-corrected chi connectivity index (χ2v) is 4.30. The van der Waals surface area contributed by atoms with Crippen molar-refractivity contribution in [2.75, 3.05) is 7.11 Å². The van der Waals surface area contributed by atoms with Crippen LogP contribution in [0.2, 0.25) is 0 Å². The molecule has 0 saturated carbocycles. The molecule has 2 rings (SSSR count). The van der Waals surface area contributed by atoms with Gasteiger partial charge >= 0.3 is 5.97 Å². The van der Waals surface area contributed by atoms with Gasteiger partial charge in [0.05, 0.1) is 18.0 Å². The van der Waals surface area contributed by atoms with E-state index in [9.17, 15) is 4.79 Å². The number of esters is 1. The molecule has 4 nitrogen and oxygen atoms in total. The quantitative estimate of drug-likeness (QED) is 0.762. The first-order valence-electron chi connectivity index (χ1n) is 5.64. The number of ether oxygens (including phenoxy) is 1. The fourth-order valence-corrected chi connectivity index (χ4v) is 1.93. The van der Waals surface area contributed by atoms with E-state index in [1.807, 2.05) is 38.2 Å². The van der Waals surface area contributed by atoms with Gasteiger partial charge in [-0.25, -0.2) is 4.52 Å². The summed E-state index contributed by atoms with van der Waals surface area (Å²) in [6.45, 7) is 3.87. The first kappa shape index (κ1) is 11.6. The molecule has 0 aromatic carbocycles. The molecule has 2 aromatic heterocycles. The largest absolute Gasteiger partial charge is 0.468 e. The molecule has 2 heterocycles. The summed E-state index contributed by atoms with van der Waals surface area (Å²) < 4.78 is 6.66. The third-order valence-corrected chi connectivity index (χ3v) is 3.38. The SMILES string of the molecule is CCC(C)(C(=O)OC)c1ccc2ccnn2c1. The van der Waals surface area contributed by atoms with E-state index < -0.39 is 5.41 Å². The monoisotopic (exact) mass is 232 g/mol. The Balaban J connectivity index is 2.52. The van der Waals surface area contributed by atoms with Crippen molar-refractivity contribution in [2.24, 2.45) is 0 Å². The van der Waals surface area contributed by atoms with Crippen molar-refractivity contribution in [2.45, 2.75) is 25.7 Å². The van der Waals surface area contributed by atoms with E-state index in [0.717, 1.165) is 11.1 Å². The van der Waals surface area contributed by atoms with Gasteiger partial charge in [0, 0.05) is 12.4 Å². The van der Waals surface area contributed by atoms with Crippen LogP contribution in [0.3, 0.4) is 0 Å². The fraction of sp³-hybridized carbons (Fsp3) is 0.385. The van der Waals surface area contributed by atoms with Crippen LogP contribution >= 0.6 is 0 Å². The van der Waals surface area contributed by atoms with E-state index in [2.05, 4.69) is 5.10 Å². The lowest BCUT2D eigenvalue weighted by molar-refractivity contribution is -0.147. The van der Waals surface area contributed by atoms with E-state index in [0.29, 0.717) is 6.42 Å². The van der Waals surface area contributed by atoms with Crippen molar-refractivity contribution in [3.63, 3.8) is 0 Å². The molecule has 0 saturated heterocycles. The lowest BCUT2D eigenvalue weighted by atomic mass is 9.81. The van der Waals surface area contributed by atoms with Crippen LogP contribution in [0.4, 0.5) is 0 Å². The maximum atomic E-state index is 11.9. The zero-order chi connectivity index (χ0) is 12.5. The third-order valence-electron chi connectivity index (χ3n) is 3.38. The first-order chi connectivity index (χ1) is 8.11. The van der Waals surface area contributed by atoms with Gasteiger partial charge in [-0.1, -0.05) is 13.0 Å². The van der Waals surface area contributed by atoms with Crippen molar-refractivity contribution in [1.29, 1.82) is 0 Å². The molecule has 90 valence electrons. The molecule has 0 amide bonds. The molecule has 1 atom stereocenters. The van der Waals surface area contributed by atoms with Crippen LogP contribution in [0.5, 0.6) is 0 Å². The first-order valence-corrected chi connectivity index (χ1v) is 5.64. The standard InChI is InChI=1S/C13H16N2O2/c1-4-13(2,12(16)17-3)10-5-6-11-7-8-14-15(11)9-10/h5-9H,4H2,1-3H3. The Morgan fingerprint density at radius 2 is 2.24 bits per heavy atom. The van der Waals surface area contributed by atoms with E-state index >= 15 is 0 Å². The summed E-state index contributed by atoms with van der Waals surface area (Å²) >= 11 is 0. The Morgan fingerprint density at radius 1 is 1.47 bits per heavy atom. The van der Waals surface area contributed by atoms with Gasteiger partial charge in [-0.3, -0.25) is 4.79 Å². The Labute approximate surface area is 100 Å². The van der Waals surface area contributed by atoms with Gasteiger partial charge in [0.1, 0.15) is 0 Å². The molecule has 0 spiro atoms. The minimum atomic E-state index is -0.616. The predicted octanol–water partition coefficient (Wildman–Crippen LogP) is 2.17.